The minimum atomic E-state index is -4.41. The topological polar surface area (TPSA) is 56.6 Å². The summed E-state index contributed by atoms with van der Waals surface area (Å²) in [4.78, 5) is 14.4. The van der Waals surface area contributed by atoms with Crippen LogP contribution in [0.4, 0.5) is 13.2 Å². The van der Waals surface area contributed by atoms with Crippen LogP contribution in [0.15, 0.2) is 42.5 Å². The lowest BCUT2D eigenvalue weighted by molar-refractivity contribution is -0.137. The number of rotatable bonds is 2. The average Bonchev–Trinajstić information content (AvgIpc) is 2.91. The molecule has 0 bridgehead atoms. The first-order chi connectivity index (χ1) is 10.9. The normalized spacial score (nSPS) is 11.4. The number of carbonyl (C=O) groups is 1. The Morgan fingerprint density at radius 2 is 1.78 bits per heavy atom. The fraction of sp³-hybridized carbons (Fsp3) is 0.0588. The summed E-state index contributed by atoms with van der Waals surface area (Å²) < 4.78 is 37.9. The van der Waals surface area contributed by atoms with Crippen LogP contribution < -0.4 is 0 Å². The molecule has 1 aromatic heterocycles. The van der Waals surface area contributed by atoms with Crippen LogP contribution in [-0.2, 0) is 6.18 Å². The van der Waals surface area contributed by atoms with Gasteiger partial charge in [-0.05, 0) is 35.9 Å². The number of alkyl halides is 3. The largest absolute Gasteiger partial charge is 0.416 e. The van der Waals surface area contributed by atoms with E-state index >= 15 is 0 Å². The van der Waals surface area contributed by atoms with Crippen LogP contribution in [0.25, 0.3) is 22.2 Å². The van der Waals surface area contributed by atoms with Crippen LogP contribution in [0.2, 0.25) is 0 Å². The van der Waals surface area contributed by atoms with Crippen LogP contribution >= 0.6 is 0 Å². The molecule has 3 aromatic rings. The Bertz CT molecular complexity index is 931. The Labute approximate surface area is 129 Å². The van der Waals surface area contributed by atoms with Crippen molar-refractivity contribution in [2.45, 2.75) is 6.18 Å². The maximum Gasteiger partial charge on any atom is 0.416 e. The van der Waals surface area contributed by atoms with Crippen molar-refractivity contribution >= 4 is 17.2 Å². The van der Waals surface area contributed by atoms with E-state index in [1.54, 1.807) is 18.2 Å². The predicted octanol–water partition coefficient (Wildman–Crippen LogP) is 4.54. The molecule has 0 fully saturated rings. The number of nitriles is 1. The number of benzene rings is 2. The van der Waals surface area contributed by atoms with Gasteiger partial charge < -0.3 is 4.98 Å². The number of H-pyrrole nitrogens is 1. The van der Waals surface area contributed by atoms with Gasteiger partial charge in [0.25, 0.3) is 0 Å². The molecule has 114 valence electrons. The number of nitrogens with one attached hydrogen (secondary N) is 1. The first-order valence-electron chi connectivity index (χ1n) is 6.62. The van der Waals surface area contributed by atoms with Crippen molar-refractivity contribution < 1.29 is 18.0 Å². The van der Waals surface area contributed by atoms with E-state index in [0.717, 1.165) is 12.1 Å². The minimum absolute atomic E-state index is 0.317. The van der Waals surface area contributed by atoms with E-state index in [9.17, 15) is 18.0 Å². The molecule has 0 atom stereocenters. The van der Waals surface area contributed by atoms with Gasteiger partial charge in [0.15, 0.2) is 6.29 Å². The zero-order chi connectivity index (χ0) is 16.6. The second-order valence-electron chi connectivity index (χ2n) is 4.98. The van der Waals surface area contributed by atoms with Crippen LogP contribution in [0.3, 0.4) is 0 Å². The summed E-state index contributed by atoms with van der Waals surface area (Å²) in [7, 11) is 0. The number of carbonyl (C=O) groups excluding carboxylic acids is 1. The van der Waals surface area contributed by atoms with Crippen molar-refractivity contribution in [1.82, 2.24) is 4.98 Å². The maximum absolute atomic E-state index is 12.6. The van der Waals surface area contributed by atoms with Gasteiger partial charge in [0, 0.05) is 16.5 Å². The fourth-order valence-electron chi connectivity index (χ4n) is 2.46. The summed E-state index contributed by atoms with van der Waals surface area (Å²) in [5.41, 5.74) is 1.50. The van der Waals surface area contributed by atoms with Gasteiger partial charge in [0.05, 0.1) is 22.9 Å². The van der Waals surface area contributed by atoms with E-state index in [1.807, 2.05) is 6.07 Å². The lowest BCUT2D eigenvalue weighted by atomic mass is 10.0. The van der Waals surface area contributed by atoms with Gasteiger partial charge >= 0.3 is 6.18 Å². The first kappa shape index (κ1) is 14.9. The molecule has 0 unspecified atom stereocenters. The highest BCUT2D eigenvalue weighted by Crippen LogP contribution is 2.33. The highest BCUT2D eigenvalue weighted by atomic mass is 19.4. The Hall–Kier alpha value is -3.07. The number of fused-ring (bicyclic) bond motifs is 1. The van der Waals surface area contributed by atoms with E-state index in [4.69, 9.17) is 5.26 Å². The molecule has 3 rings (SSSR count). The summed E-state index contributed by atoms with van der Waals surface area (Å²) in [6.07, 6.45) is -3.78. The van der Waals surface area contributed by atoms with Gasteiger partial charge in [-0.3, -0.25) is 4.79 Å². The molecule has 23 heavy (non-hydrogen) atoms. The number of nitrogens with zero attached hydrogens (tertiary/aromatic N) is 1. The molecule has 0 radical (unpaired) electrons. The third-order valence-corrected chi connectivity index (χ3v) is 3.59. The summed E-state index contributed by atoms with van der Waals surface area (Å²) in [6.45, 7) is 0. The summed E-state index contributed by atoms with van der Waals surface area (Å²) in [6, 6.07) is 11.4. The van der Waals surface area contributed by atoms with Gasteiger partial charge in [-0.25, -0.2) is 0 Å². The molecule has 0 aliphatic carbocycles. The van der Waals surface area contributed by atoms with Gasteiger partial charge in [0.1, 0.15) is 0 Å². The second-order valence-corrected chi connectivity index (χ2v) is 4.98. The van der Waals surface area contributed by atoms with Crippen LogP contribution in [0, 0.1) is 11.3 Å². The molecule has 0 aliphatic rings. The predicted molar refractivity (Wildman–Crippen MR) is 78.8 cm³/mol. The zero-order valence-corrected chi connectivity index (χ0v) is 11.6. The zero-order valence-electron chi connectivity index (χ0n) is 11.6. The van der Waals surface area contributed by atoms with Crippen molar-refractivity contribution in [1.29, 1.82) is 5.26 Å². The Balaban J connectivity index is 2.16. The lowest BCUT2D eigenvalue weighted by Crippen LogP contribution is -2.04. The molecule has 6 heteroatoms. The Morgan fingerprint density at radius 3 is 2.35 bits per heavy atom. The molecular weight excluding hydrogens is 305 g/mol. The van der Waals surface area contributed by atoms with E-state index in [0.29, 0.717) is 39.6 Å². The van der Waals surface area contributed by atoms with Crippen molar-refractivity contribution in [3.05, 3.63) is 59.2 Å². The Morgan fingerprint density at radius 1 is 1.09 bits per heavy atom. The number of aromatic nitrogens is 1. The minimum Gasteiger partial charge on any atom is -0.354 e. The molecular formula is C17H9F3N2O. The summed E-state index contributed by atoms with van der Waals surface area (Å²) >= 11 is 0. The quantitative estimate of drug-likeness (QED) is 0.706. The molecule has 3 nitrogen and oxygen atoms in total. The Kier molecular flexibility index (Phi) is 3.41. The summed E-state index contributed by atoms with van der Waals surface area (Å²) in [5.74, 6) is 0. The SMILES string of the molecule is N#Cc1ccc2[nH]c(-c3ccc(C(F)(F)F)cc3)c(C=O)c2c1. The van der Waals surface area contributed by atoms with Gasteiger partial charge in [-0.2, -0.15) is 18.4 Å². The van der Waals surface area contributed by atoms with Crippen molar-refractivity contribution in [3.8, 4) is 17.3 Å². The number of hydrogen-bond donors (Lipinski definition) is 1. The van der Waals surface area contributed by atoms with E-state index < -0.39 is 11.7 Å². The van der Waals surface area contributed by atoms with Gasteiger partial charge in [-0.1, -0.05) is 12.1 Å². The average molecular weight is 314 g/mol. The second kappa shape index (κ2) is 5.29. The molecule has 1 heterocycles. The van der Waals surface area contributed by atoms with Crippen molar-refractivity contribution in [3.63, 3.8) is 0 Å². The fourth-order valence-corrected chi connectivity index (χ4v) is 2.46. The highest BCUT2D eigenvalue weighted by molar-refractivity contribution is 6.04. The number of aromatic amines is 1. The third-order valence-electron chi connectivity index (χ3n) is 3.59. The maximum atomic E-state index is 12.6. The van der Waals surface area contributed by atoms with Crippen LogP contribution in [0.1, 0.15) is 21.5 Å². The molecule has 0 saturated heterocycles. The molecule has 0 saturated carbocycles. The van der Waals surface area contributed by atoms with Gasteiger partial charge in [0.2, 0.25) is 0 Å². The standard InChI is InChI=1S/C17H9F3N2O/c18-17(19,20)12-4-2-11(3-5-12)16-14(9-23)13-7-10(8-21)1-6-15(13)22-16/h1-7,9,22H. The molecule has 1 N–H and O–H groups in total. The van der Waals surface area contributed by atoms with Crippen molar-refractivity contribution in [2.75, 3.05) is 0 Å². The van der Waals surface area contributed by atoms with E-state index in [1.165, 1.54) is 12.1 Å². The highest BCUT2D eigenvalue weighted by Gasteiger charge is 2.30. The molecule has 0 aliphatic heterocycles. The lowest BCUT2D eigenvalue weighted by Gasteiger charge is -2.07. The van der Waals surface area contributed by atoms with Crippen molar-refractivity contribution in [2.24, 2.45) is 0 Å². The third kappa shape index (κ3) is 2.57. The van der Waals surface area contributed by atoms with Crippen LogP contribution in [0.5, 0.6) is 0 Å². The van der Waals surface area contributed by atoms with E-state index in [-0.39, 0.29) is 0 Å². The number of hydrogen-bond acceptors (Lipinski definition) is 2. The summed E-state index contributed by atoms with van der Waals surface area (Å²) in [5, 5.41) is 9.50. The smallest absolute Gasteiger partial charge is 0.354 e. The molecule has 0 spiro atoms. The number of aldehydes is 1. The number of halogens is 3. The first-order valence-corrected chi connectivity index (χ1v) is 6.62. The van der Waals surface area contributed by atoms with Crippen LogP contribution in [-0.4, -0.2) is 11.3 Å². The van der Waals surface area contributed by atoms with Gasteiger partial charge in [-0.15, -0.1) is 0 Å². The molecule has 0 amide bonds. The molecule has 2 aromatic carbocycles. The van der Waals surface area contributed by atoms with E-state index in [2.05, 4.69) is 4.98 Å². The monoisotopic (exact) mass is 314 g/mol.